The first kappa shape index (κ1) is 17.9. The van der Waals surface area contributed by atoms with Crippen LogP contribution in [0.4, 0.5) is 0 Å². The number of sulfonamides is 1. The minimum absolute atomic E-state index is 0.0781. The molecule has 0 radical (unpaired) electrons. The second-order valence-corrected chi connectivity index (χ2v) is 7.80. The zero-order chi connectivity index (χ0) is 18.7. The van der Waals surface area contributed by atoms with E-state index in [9.17, 15) is 13.2 Å². The standard InChI is InChI=1S/C19H19N3O3S/c1-13-4-6-18(16(9-13)10-17-5-3-14(2)11-21-17)26(24,25)22-19(23)15-7-8-20-12-15/h3-9,11-12,20H,10H2,1-2H3,(H,22,23). The Morgan fingerprint density at radius 1 is 1.12 bits per heavy atom. The summed E-state index contributed by atoms with van der Waals surface area (Å²) in [6.07, 6.45) is 5.10. The van der Waals surface area contributed by atoms with Gasteiger partial charge in [-0.2, -0.15) is 0 Å². The lowest BCUT2D eigenvalue weighted by Gasteiger charge is -2.12. The molecule has 0 fully saturated rings. The van der Waals surface area contributed by atoms with E-state index in [1.165, 1.54) is 18.3 Å². The highest BCUT2D eigenvalue weighted by Gasteiger charge is 2.22. The minimum atomic E-state index is -4.00. The molecular formula is C19H19N3O3S. The molecule has 134 valence electrons. The largest absolute Gasteiger partial charge is 0.367 e. The van der Waals surface area contributed by atoms with E-state index in [0.717, 1.165) is 16.8 Å². The van der Waals surface area contributed by atoms with Crippen LogP contribution in [0.3, 0.4) is 0 Å². The van der Waals surface area contributed by atoms with Crippen LogP contribution in [-0.4, -0.2) is 24.3 Å². The van der Waals surface area contributed by atoms with Crippen molar-refractivity contribution in [1.29, 1.82) is 0 Å². The number of aromatic amines is 1. The van der Waals surface area contributed by atoms with Crippen molar-refractivity contribution in [3.8, 4) is 0 Å². The van der Waals surface area contributed by atoms with E-state index in [1.807, 2.05) is 26.0 Å². The van der Waals surface area contributed by atoms with Crippen molar-refractivity contribution in [1.82, 2.24) is 14.7 Å². The van der Waals surface area contributed by atoms with Gasteiger partial charge in [-0.15, -0.1) is 0 Å². The van der Waals surface area contributed by atoms with Crippen LogP contribution in [-0.2, 0) is 16.4 Å². The number of amides is 1. The number of carbonyl (C=O) groups excluding carboxylic acids is 1. The molecule has 6 nitrogen and oxygen atoms in total. The lowest BCUT2D eigenvalue weighted by Crippen LogP contribution is -2.31. The number of rotatable bonds is 5. The summed E-state index contributed by atoms with van der Waals surface area (Å²) >= 11 is 0. The summed E-state index contributed by atoms with van der Waals surface area (Å²) in [4.78, 5) is 19.3. The number of aryl methyl sites for hydroxylation is 2. The van der Waals surface area contributed by atoms with Gasteiger partial charge in [0.25, 0.3) is 15.9 Å². The molecule has 2 heterocycles. The maximum absolute atomic E-state index is 12.8. The highest BCUT2D eigenvalue weighted by atomic mass is 32.2. The van der Waals surface area contributed by atoms with Gasteiger partial charge in [-0.1, -0.05) is 23.8 Å². The second-order valence-electron chi connectivity index (χ2n) is 6.15. The quantitative estimate of drug-likeness (QED) is 0.723. The Labute approximate surface area is 152 Å². The molecular weight excluding hydrogens is 350 g/mol. The fourth-order valence-electron chi connectivity index (χ4n) is 2.61. The molecule has 0 saturated heterocycles. The highest BCUT2D eigenvalue weighted by molar-refractivity contribution is 7.90. The average molecular weight is 369 g/mol. The number of aromatic nitrogens is 2. The Hall–Kier alpha value is -2.93. The van der Waals surface area contributed by atoms with Crippen molar-refractivity contribution in [2.45, 2.75) is 25.2 Å². The van der Waals surface area contributed by atoms with Crippen LogP contribution in [0.2, 0.25) is 0 Å². The third-order valence-corrected chi connectivity index (χ3v) is 5.37. The summed E-state index contributed by atoms with van der Waals surface area (Å²) in [5.41, 5.74) is 3.57. The molecule has 0 aliphatic rings. The first-order valence-electron chi connectivity index (χ1n) is 8.06. The molecule has 2 N–H and O–H groups in total. The number of carbonyl (C=O) groups is 1. The van der Waals surface area contributed by atoms with Gasteiger partial charge in [0.2, 0.25) is 0 Å². The maximum Gasteiger partial charge on any atom is 0.266 e. The zero-order valence-corrected chi connectivity index (χ0v) is 15.3. The predicted molar refractivity (Wildman–Crippen MR) is 98.4 cm³/mol. The van der Waals surface area contributed by atoms with Gasteiger partial charge in [0.15, 0.2) is 0 Å². The van der Waals surface area contributed by atoms with E-state index in [0.29, 0.717) is 12.0 Å². The van der Waals surface area contributed by atoms with Crippen molar-refractivity contribution in [3.05, 3.63) is 82.9 Å². The Morgan fingerprint density at radius 2 is 1.88 bits per heavy atom. The lowest BCUT2D eigenvalue weighted by molar-refractivity contribution is 0.0981. The van der Waals surface area contributed by atoms with Gasteiger partial charge >= 0.3 is 0 Å². The van der Waals surface area contributed by atoms with Crippen LogP contribution in [0, 0.1) is 13.8 Å². The number of H-pyrrole nitrogens is 1. The Morgan fingerprint density at radius 3 is 2.54 bits per heavy atom. The monoisotopic (exact) mass is 369 g/mol. The van der Waals surface area contributed by atoms with Crippen LogP contribution in [0.15, 0.2) is 59.9 Å². The van der Waals surface area contributed by atoms with E-state index in [1.54, 1.807) is 24.5 Å². The smallest absolute Gasteiger partial charge is 0.266 e. The molecule has 0 spiro atoms. The molecule has 0 saturated carbocycles. The minimum Gasteiger partial charge on any atom is -0.367 e. The molecule has 3 aromatic rings. The molecule has 0 atom stereocenters. The van der Waals surface area contributed by atoms with Crippen molar-refractivity contribution >= 4 is 15.9 Å². The topological polar surface area (TPSA) is 91.9 Å². The van der Waals surface area contributed by atoms with Crippen LogP contribution < -0.4 is 4.72 Å². The number of pyridine rings is 1. The predicted octanol–water partition coefficient (Wildman–Crippen LogP) is 2.74. The molecule has 3 rings (SSSR count). The fraction of sp³-hybridized carbons (Fsp3) is 0.158. The molecule has 0 bridgehead atoms. The van der Waals surface area contributed by atoms with E-state index >= 15 is 0 Å². The van der Waals surface area contributed by atoms with Crippen molar-refractivity contribution in [2.24, 2.45) is 0 Å². The third kappa shape index (κ3) is 4.00. The van der Waals surface area contributed by atoms with E-state index < -0.39 is 15.9 Å². The Balaban J connectivity index is 1.93. The van der Waals surface area contributed by atoms with Crippen LogP contribution >= 0.6 is 0 Å². The van der Waals surface area contributed by atoms with E-state index in [4.69, 9.17) is 0 Å². The van der Waals surface area contributed by atoms with Crippen LogP contribution in [0.5, 0.6) is 0 Å². The van der Waals surface area contributed by atoms with Gasteiger partial charge in [-0.3, -0.25) is 9.78 Å². The Kier molecular flexibility index (Phi) is 4.90. The third-order valence-electron chi connectivity index (χ3n) is 3.94. The normalized spacial score (nSPS) is 11.3. The summed E-state index contributed by atoms with van der Waals surface area (Å²) < 4.78 is 27.6. The number of nitrogens with one attached hydrogen (secondary N) is 2. The second kappa shape index (κ2) is 7.13. The maximum atomic E-state index is 12.8. The number of hydrogen-bond acceptors (Lipinski definition) is 4. The number of benzene rings is 1. The van der Waals surface area contributed by atoms with Gasteiger partial charge in [0.1, 0.15) is 0 Å². The molecule has 0 aliphatic carbocycles. The van der Waals surface area contributed by atoms with E-state index in [-0.39, 0.29) is 10.5 Å². The molecule has 1 amide bonds. The summed E-state index contributed by atoms with van der Waals surface area (Å²) in [5.74, 6) is -0.675. The molecule has 2 aromatic heterocycles. The van der Waals surface area contributed by atoms with Gasteiger partial charge in [-0.25, -0.2) is 13.1 Å². The summed E-state index contributed by atoms with van der Waals surface area (Å²) in [7, 11) is -4.00. The SMILES string of the molecule is Cc1ccc(Cc2cc(C)ccc2S(=O)(=O)NC(=O)c2cc[nH]c2)nc1. The van der Waals surface area contributed by atoms with Crippen molar-refractivity contribution < 1.29 is 13.2 Å². The van der Waals surface area contributed by atoms with Gasteiger partial charge in [0, 0.05) is 30.7 Å². The summed E-state index contributed by atoms with van der Waals surface area (Å²) in [6.45, 7) is 3.83. The first-order chi connectivity index (χ1) is 12.3. The zero-order valence-electron chi connectivity index (χ0n) is 14.5. The highest BCUT2D eigenvalue weighted by Crippen LogP contribution is 2.21. The lowest BCUT2D eigenvalue weighted by atomic mass is 10.1. The summed E-state index contributed by atoms with van der Waals surface area (Å²) in [5, 5.41) is 0. The number of hydrogen-bond donors (Lipinski definition) is 2. The molecule has 1 aromatic carbocycles. The molecule has 7 heteroatoms. The number of nitrogens with zero attached hydrogens (tertiary/aromatic N) is 1. The molecule has 26 heavy (non-hydrogen) atoms. The molecule has 0 aliphatic heterocycles. The first-order valence-corrected chi connectivity index (χ1v) is 9.54. The van der Waals surface area contributed by atoms with Gasteiger partial charge in [-0.05, 0) is 43.2 Å². The fourth-order valence-corrected chi connectivity index (χ4v) is 3.80. The molecule has 0 unspecified atom stereocenters. The van der Waals surface area contributed by atoms with Crippen LogP contribution in [0.1, 0.15) is 32.7 Å². The van der Waals surface area contributed by atoms with Crippen LogP contribution in [0.25, 0.3) is 0 Å². The van der Waals surface area contributed by atoms with Gasteiger partial charge in [0.05, 0.1) is 10.5 Å². The van der Waals surface area contributed by atoms with E-state index in [2.05, 4.69) is 14.7 Å². The Bertz CT molecular complexity index is 1020. The van der Waals surface area contributed by atoms with Gasteiger partial charge < -0.3 is 4.98 Å². The van der Waals surface area contributed by atoms with Crippen molar-refractivity contribution in [2.75, 3.05) is 0 Å². The summed E-state index contributed by atoms with van der Waals surface area (Å²) in [6, 6.07) is 10.3. The van der Waals surface area contributed by atoms with Crippen molar-refractivity contribution in [3.63, 3.8) is 0 Å². The average Bonchev–Trinajstić information content (AvgIpc) is 3.11.